The van der Waals surface area contributed by atoms with E-state index in [1.807, 2.05) is 0 Å². The van der Waals surface area contributed by atoms with E-state index in [4.69, 9.17) is 4.74 Å². The summed E-state index contributed by atoms with van der Waals surface area (Å²) in [6, 6.07) is 0. The molecule has 0 aliphatic carbocycles. The average Bonchev–Trinajstić information content (AvgIpc) is 2.48. The van der Waals surface area contributed by atoms with Gasteiger partial charge in [-0.25, -0.2) is 0 Å². The molecular weight excluding hydrogens is 230 g/mol. The van der Waals surface area contributed by atoms with E-state index in [9.17, 15) is 10.1 Å². The zero-order chi connectivity index (χ0) is 8.97. The lowest BCUT2D eigenvalue weighted by Gasteiger charge is -1.89. The van der Waals surface area contributed by atoms with Crippen molar-refractivity contribution in [2.45, 2.75) is 6.61 Å². The Balaban J connectivity index is 2.58. The van der Waals surface area contributed by atoms with Gasteiger partial charge in [0.25, 0.3) is 0 Å². The molecule has 1 aromatic heterocycles. The van der Waals surface area contributed by atoms with Gasteiger partial charge in [0.2, 0.25) is 5.82 Å². The lowest BCUT2D eigenvalue weighted by atomic mass is 10.7. The minimum atomic E-state index is -0.561. The van der Waals surface area contributed by atoms with Crippen molar-refractivity contribution in [3.8, 4) is 0 Å². The maximum absolute atomic E-state index is 10.2. The Labute approximate surface area is 76.2 Å². The summed E-state index contributed by atoms with van der Waals surface area (Å²) in [6.45, 7) is 0.235. The van der Waals surface area contributed by atoms with Crippen molar-refractivity contribution >= 4 is 21.7 Å². The van der Waals surface area contributed by atoms with Gasteiger partial charge in [0, 0.05) is 0 Å². The monoisotopic (exact) mass is 235 g/mol. The zero-order valence-corrected chi connectivity index (χ0v) is 7.57. The van der Waals surface area contributed by atoms with Gasteiger partial charge in [0.1, 0.15) is 18.3 Å². The Morgan fingerprint density at radius 3 is 3.08 bits per heavy atom. The Morgan fingerprint density at radius 2 is 2.58 bits per heavy atom. The second-order valence-electron chi connectivity index (χ2n) is 1.92. The predicted octanol–water partition coefficient (Wildman–Crippen LogP) is 1.19. The van der Waals surface area contributed by atoms with E-state index in [1.165, 1.54) is 6.20 Å². The molecular formula is C5H6BrN3O3. The van der Waals surface area contributed by atoms with Crippen LogP contribution in [-0.2, 0) is 11.3 Å². The van der Waals surface area contributed by atoms with Crippen LogP contribution in [0.3, 0.4) is 0 Å². The van der Waals surface area contributed by atoms with Crippen molar-refractivity contribution < 1.29 is 9.66 Å². The number of nitrogens with zero attached hydrogens (tertiary/aromatic N) is 2. The van der Waals surface area contributed by atoms with Gasteiger partial charge in [-0.15, -0.1) is 0 Å². The SMILES string of the molecule is O=[N+]([O-])c1c[nH]c(COCBr)n1. The third-order valence-electron chi connectivity index (χ3n) is 1.12. The first kappa shape index (κ1) is 9.14. The fourth-order valence-electron chi connectivity index (χ4n) is 0.653. The molecule has 0 saturated heterocycles. The molecule has 1 aromatic rings. The van der Waals surface area contributed by atoms with E-state index in [2.05, 4.69) is 25.9 Å². The fraction of sp³-hybridized carbons (Fsp3) is 0.400. The van der Waals surface area contributed by atoms with Crippen molar-refractivity contribution in [3.05, 3.63) is 22.1 Å². The van der Waals surface area contributed by atoms with Gasteiger partial charge in [0.05, 0.1) is 0 Å². The first-order valence-electron chi connectivity index (χ1n) is 3.06. The predicted molar refractivity (Wildman–Crippen MR) is 43.8 cm³/mol. The number of hydrogen-bond donors (Lipinski definition) is 1. The number of aromatic amines is 1. The van der Waals surface area contributed by atoms with Crippen molar-refractivity contribution in [2.24, 2.45) is 0 Å². The fourth-order valence-corrected chi connectivity index (χ4v) is 0.815. The Bertz CT molecular complexity index is 275. The van der Waals surface area contributed by atoms with Crippen LogP contribution in [0, 0.1) is 10.1 Å². The zero-order valence-electron chi connectivity index (χ0n) is 5.99. The molecule has 6 nitrogen and oxygen atoms in total. The van der Waals surface area contributed by atoms with Gasteiger partial charge in [0.15, 0.2) is 0 Å². The quantitative estimate of drug-likeness (QED) is 0.483. The number of H-pyrrole nitrogens is 1. The van der Waals surface area contributed by atoms with E-state index < -0.39 is 4.92 Å². The summed E-state index contributed by atoms with van der Waals surface area (Å²) in [6.07, 6.45) is 1.23. The summed E-state index contributed by atoms with van der Waals surface area (Å²) in [5, 5.41) is 10.2. The summed E-state index contributed by atoms with van der Waals surface area (Å²) in [5.74, 6) is 0.254. The molecule has 0 aromatic carbocycles. The molecule has 0 unspecified atom stereocenters. The van der Waals surface area contributed by atoms with Crippen LogP contribution >= 0.6 is 15.9 Å². The molecule has 7 heteroatoms. The molecule has 0 bridgehead atoms. The molecule has 1 N–H and O–H groups in total. The van der Waals surface area contributed by atoms with Gasteiger partial charge >= 0.3 is 5.82 Å². The van der Waals surface area contributed by atoms with Crippen molar-refractivity contribution in [1.82, 2.24) is 9.97 Å². The third kappa shape index (κ3) is 2.28. The van der Waals surface area contributed by atoms with Crippen LogP contribution in [0.1, 0.15) is 5.82 Å². The summed E-state index contributed by atoms with van der Waals surface area (Å²) in [5.41, 5.74) is 0.376. The summed E-state index contributed by atoms with van der Waals surface area (Å²) < 4.78 is 4.91. The number of aromatic nitrogens is 2. The van der Waals surface area contributed by atoms with Crippen LogP contribution in [0.15, 0.2) is 6.20 Å². The lowest BCUT2D eigenvalue weighted by molar-refractivity contribution is -0.389. The molecule has 0 radical (unpaired) electrons. The first-order valence-corrected chi connectivity index (χ1v) is 4.18. The third-order valence-corrected chi connectivity index (χ3v) is 1.44. The van der Waals surface area contributed by atoms with Crippen LogP contribution in [0.2, 0.25) is 0 Å². The van der Waals surface area contributed by atoms with E-state index in [0.29, 0.717) is 11.3 Å². The molecule has 0 aliphatic rings. The molecule has 0 fully saturated rings. The second kappa shape index (κ2) is 4.17. The lowest BCUT2D eigenvalue weighted by Crippen LogP contribution is -1.93. The number of imidazole rings is 1. The molecule has 0 saturated carbocycles. The highest BCUT2D eigenvalue weighted by Gasteiger charge is 2.11. The van der Waals surface area contributed by atoms with Gasteiger partial charge in [-0.05, 0) is 9.91 Å². The van der Waals surface area contributed by atoms with Crippen LogP contribution in [0.5, 0.6) is 0 Å². The van der Waals surface area contributed by atoms with Crippen molar-refractivity contribution in [3.63, 3.8) is 0 Å². The number of ether oxygens (including phenoxy) is 1. The molecule has 0 aliphatic heterocycles. The van der Waals surface area contributed by atoms with Gasteiger partial charge in [-0.1, -0.05) is 15.9 Å². The van der Waals surface area contributed by atoms with Crippen molar-refractivity contribution in [1.29, 1.82) is 0 Å². The average molecular weight is 236 g/mol. The van der Waals surface area contributed by atoms with Crippen LogP contribution in [0.25, 0.3) is 0 Å². The van der Waals surface area contributed by atoms with E-state index in [0.717, 1.165) is 0 Å². The number of alkyl halides is 1. The van der Waals surface area contributed by atoms with Crippen LogP contribution in [0.4, 0.5) is 5.82 Å². The molecule has 0 amide bonds. The normalized spacial score (nSPS) is 10.1. The van der Waals surface area contributed by atoms with Crippen LogP contribution in [-0.4, -0.2) is 20.4 Å². The largest absolute Gasteiger partial charge is 0.381 e. The minimum Gasteiger partial charge on any atom is -0.360 e. The highest BCUT2D eigenvalue weighted by molar-refractivity contribution is 9.09. The standard InChI is InChI=1S/C5H6BrN3O3/c6-3-12-2-4-7-1-5(8-4)9(10)11/h1H,2-3H2,(H,7,8). The number of halogens is 1. The molecule has 0 spiro atoms. The number of hydrogen-bond acceptors (Lipinski definition) is 4. The van der Waals surface area contributed by atoms with Gasteiger partial charge in [-0.2, -0.15) is 0 Å². The van der Waals surface area contributed by atoms with Crippen molar-refractivity contribution in [2.75, 3.05) is 5.52 Å². The maximum atomic E-state index is 10.2. The molecule has 0 atom stereocenters. The molecule has 12 heavy (non-hydrogen) atoms. The number of rotatable bonds is 4. The van der Waals surface area contributed by atoms with Crippen LogP contribution < -0.4 is 0 Å². The minimum absolute atomic E-state index is 0.192. The van der Waals surface area contributed by atoms with E-state index in [-0.39, 0.29) is 12.4 Å². The topological polar surface area (TPSA) is 81.0 Å². The summed E-state index contributed by atoms with van der Waals surface area (Å²) in [4.78, 5) is 15.9. The van der Waals surface area contributed by atoms with Gasteiger partial charge < -0.3 is 19.8 Å². The van der Waals surface area contributed by atoms with E-state index >= 15 is 0 Å². The molecule has 66 valence electrons. The Hall–Kier alpha value is -0.950. The maximum Gasteiger partial charge on any atom is 0.381 e. The molecule has 1 rings (SSSR count). The molecule has 1 heterocycles. The summed E-state index contributed by atoms with van der Waals surface area (Å²) >= 11 is 3.04. The summed E-state index contributed by atoms with van der Waals surface area (Å²) in [7, 11) is 0. The smallest absolute Gasteiger partial charge is 0.360 e. The Morgan fingerprint density at radius 1 is 1.83 bits per heavy atom. The Kier molecular flexibility index (Phi) is 3.18. The second-order valence-corrected chi connectivity index (χ2v) is 2.38. The number of nitro groups is 1. The number of nitrogens with one attached hydrogen (secondary N) is 1. The van der Waals surface area contributed by atoms with E-state index in [1.54, 1.807) is 0 Å². The highest BCUT2D eigenvalue weighted by atomic mass is 79.9. The van der Waals surface area contributed by atoms with Gasteiger partial charge in [-0.3, -0.25) is 0 Å². The first-order chi connectivity index (χ1) is 5.74. The highest BCUT2D eigenvalue weighted by Crippen LogP contribution is 2.06.